The third-order valence-electron chi connectivity index (χ3n) is 9.46. The summed E-state index contributed by atoms with van der Waals surface area (Å²) in [5, 5.41) is 1.63. The van der Waals surface area contributed by atoms with Gasteiger partial charge in [-0.05, 0) is 78.1 Å². The Labute approximate surface area is 322 Å². The smallest absolute Gasteiger partial charge is 0.494 e. The first-order valence-corrected chi connectivity index (χ1v) is 19.3. The maximum absolute atomic E-state index is 12.9. The molecule has 290 valence electrons. The van der Waals surface area contributed by atoms with Crippen LogP contribution < -0.4 is 4.74 Å². The normalized spacial score (nSPS) is 17.8. The van der Waals surface area contributed by atoms with Gasteiger partial charge in [0.1, 0.15) is 11.4 Å². The van der Waals surface area contributed by atoms with E-state index in [-0.39, 0.29) is 18.1 Å². The number of nitrogens with zero attached hydrogens (tertiary/aromatic N) is 1. The lowest BCUT2D eigenvalue weighted by molar-refractivity contribution is -0.209. The maximum atomic E-state index is 12.9. The van der Waals surface area contributed by atoms with Crippen molar-refractivity contribution in [1.82, 2.24) is 5.06 Å². The molecule has 54 heavy (non-hydrogen) atoms. The molecule has 0 aliphatic carbocycles. The Morgan fingerprint density at radius 1 is 0.667 bits per heavy atom. The minimum atomic E-state index is -0.751. The molecule has 8 heteroatoms. The zero-order valence-electron chi connectivity index (χ0n) is 33.2. The fraction of sp³-hybridized carbons (Fsp3) is 0.457. The van der Waals surface area contributed by atoms with Crippen molar-refractivity contribution in [2.45, 2.75) is 110 Å². The van der Waals surface area contributed by atoms with Gasteiger partial charge in [-0.3, -0.25) is 0 Å². The van der Waals surface area contributed by atoms with Gasteiger partial charge < -0.3 is 28.5 Å². The van der Waals surface area contributed by atoms with Crippen LogP contribution in [0, 0.1) is 0 Å². The van der Waals surface area contributed by atoms with Gasteiger partial charge in [0, 0.05) is 12.3 Å². The average molecular weight is 738 g/mol. The van der Waals surface area contributed by atoms with Crippen molar-refractivity contribution in [3.63, 3.8) is 0 Å². The largest absolute Gasteiger partial charge is 0.528 e. The molecule has 8 nitrogen and oxygen atoms in total. The van der Waals surface area contributed by atoms with Crippen LogP contribution in [-0.4, -0.2) is 55.3 Å². The van der Waals surface area contributed by atoms with Crippen molar-refractivity contribution in [2.24, 2.45) is 0 Å². The van der Waals surface area contributed by atoms with Crippen molar-refractivity contribution < 1.29 is 33.3 Å². The Bertz CT molecular complexity index is 1620. The van der Waals surface area contributed by atoms with Crippen molar-refractivity contribution in [1.29, 1.82) is 0 Å². The molecule has 1 aliphatic heterocycles. The van der Waals surface area contributed by atoms with Crippen LogP contribution in [0.5, 0.6) is 5.75 Å². The van der Waals surface area contributed by atoms with E-state index in [1.807, 2.05) is 51.1 Å². The number of carbonyl (C=O) groups is 1. The molecular weight excluding hydrogens is 679 g/mol. The van der Waals surface area contributed by atoms with Crippen molar-refractivity contribution in [3.8, 4) is 5.75 Å². The highest BCUT2D eigenvalue weighted by Crippen LogP contribution is 2.35. The summed E-state index contributed by atoms with van der Waals surface area (Å²) in [4.78, 5) is 18.7. The van der Waals surface area contributed by atoms with E-state index in [1.165, 1.54) is 11.1 Å². The van der Waals surface area contributed by atoms with E-state index in [0.717, 1.165) is 34.4 Å². The Hall–Kier alpha value is -4.21. The van der Waals surface area contributed by atoms with Crippen molar-refractivity contribution in [2.75, 3.05) is 26.3 Å². The third kappa shape index (κ3) is 13.0. The molecule has 1 fully saturated rings. The molecule has 1 saturated heterocycles. The van der Waals surface area contributed by atoms with Crippen LogP contribution in [0.3, 0.4) is 0 Å². The van der Waals surface area contributed by atoms with Gasteiger partial charge >= 0.3 is 6.16 Å². The summed E-state index contributed by atoms with van der Waals surface area (Å²) in [5.41, 5.74) is 6.24. The van der Waals surface area contributed by atoms with Gasteiger partial charge in [-0.1, -0.05) is 119 Å². The number of hydrogen-bond acceptors (Lipinski definition) is 8. The summed E-state index contributed by atoms with van der Waals surface area (Å²) in [6, 6.07) is 35.5. The maximum Gasteiger partial charge on any atom is 0.528 e. The first-order chi connectivity index (χ1) is 25.9. The minimum Gasteiger partial charge on any atom is -0.494 e. The SMILES string of the molecule is CC(C)c1ccc(CO[C@H]2CN(OC(=O)OC(C)(C)C)C[C@@H](OCc3ccc(C(C)C)cc3)[C@H]2c2ccc(OCCCOCc3ccccc3)cc2)cc1. The predicted molar refractivity (Wildman–Crippen MR) is 213 cm³/mol. The lowest BCUT2D eigenvalue weighted by Crippen LogP contribution is -2.53. The Kier molecular flexibility index (Phi) is 15.1. The number of hydrogen-bond donors (Lipinski definition) is 0. The van der Waals surface area contributed by atoms with Gasteiger partial charge in [0.15, 0.2) is 0 Å². The molecule has 0 aromatic heterocycles. The Balaban J connectivity index is 1.32. The number of piperidine rings is 1. The van der Waals surface area contributed by atoms with E-state index in [2.05, 4.69) is 100 Å². The molecule has 1 aliphatic rings. The second kappa shape index (κ2) is 19.9. The molecule has 0 radical (unpaired) electrons. The molecular formula is C46H59NO7. The van der Waals surface area contributed by atoms with Gasteiger partial charge in [-0.25, -0.2) is 4.79 Å². The highest BCUT2D eigenvalue weighted by Gasteiger charge is 2.41. The van der Waals surface area contributed by atoms with E-state index in [1.54, 1.807) is 5.06 Å². The summed E-state index contributed by atoms with van der Waals surface area (Å²) < 4.78 is 30.9. The Morgan fingerprint density at radius 2 is 1.19 bits per heavy atom. The van der Waals surface area contributed by atoms with Gasteiger partial charge in [0.05, 0.1) is 58.3 Å². The minimum absolute atomic E-state index is 0.159. The lowest BCUT2D eigenvalue weighted by atomic mass is 9.85. The zero-order valence-corrected chi connectivity index (χ0v) is 33.2. The fourth-order valence-electron chi connectivity index (χ4n) is 6.44. The van der Waals surface area contributed by atoms with Gasteiger partial charge in [0.25, 0.3) is 0 Å². The van der Waals surface area contributed by atoms with Crippen LogP contribution in [-0.2, 0) is 43.6 Å². The Morgan fingerprint density at radius 3 is 1.69 bits per heavy atom. The molecule has 5 rings (SSSR count). The van der Waals surface area contributed by atoms with E-state index < -0.39 is 11.8 Å². The van der Waals surface area contributed by atoms with E-state index in [9.17, 15) is 4.79 Å². The van der Waals surface area contributed by atoms with Crippen LogP contribution in [0.4, 0.5) is 4.79 Å². The molecule has 0 saturated carbocycles. The number of carbonyl (C=O) groups excluding carboxylic acids is 1. The van der Waals surface area contributed by atoms with E-state index in [4.69, 9.17) is 28.5 Å². The molecule has 4 aromatic rings. The number of rotatable bonds is 17. The molecule has 0 unspecified atom stereocenters. The molecule has 0 bridgehead atoms. The van der Waals surface area contributed by atoms with Gasteiger partial charge in [-0.2, -0.15) is 0 Å². The highest BCUT2D eigenvalue weighted by molar-refractivity contribution is 5.60. The van der Waals surface area contributed by atoms with E-state index >= 15 is 0 Å². The third-order valence-corrected chi connectivity index (χ3v) is 9.46. The summed E-state index contributed by atoms with van der Waals surface area (Å²) in [7, 11) is 0. The molecule has 0 spiro atoms. The monoisotopic (exact) mass is 737 g/mol. The summed E-state index contributed by atoms with van der Waals surface area (Å²) in [6.45, 7) is 17.5. The van der Waals surface area contributed by atoms with Crippen LogP contribution >= 0.6 is 0 Å². The second-order valence-corrected chi connectivity index (χ2v) is 15.7. The molecule has 4 aromatic carbocycles. The van der Waals surface area contributed by atoms with Crippen molar-refractivity contribution >= 4 is 6.16 Å². The summed E-state index contributed by atoms with van der Waals surface area (Å²) in [5.74, 6) is 1.52. The van der Waals surface area contributed by atoms with Gasteiger partial charge in [0.2, 0.25) is 0 Å². The van der Waals surface area contributed by atoms with Crippen LogP contribution in [0.15, 0.2) is 103 Å². The van der Waals surface area contributed by atoms with Crippen LogP contribution in [0.25, 0.3) is 0 Å². The van der Waals surface area contributed by atoms with Gasteiger partial charge in [-0.15, -0.1) is 5.06 Å². The molecule has 3 atom stereocenters. The van der Waals surface area contributed by atoms with Crippen molar-refractivity contribution in [3.05, 3.63) is 137 Å². The quantitative estimate of drug-likeness (QED) is 0.0783. The molecule has 0 N–H and O–H groups in total. The van der Waals surface area contributed by atoms with Crippen LogP contribution in [0.2, 0.25) is 0 Å². The highest BCUT2D eigenvalue weighted by atomic mass is 16.8. The average Bonchev–Trinajstić information content (AvgIpc) is 3.14. The molecule has 0 amide bonds. The molecule has 1 heterocycles. The summed E-state index contributed by atoms with van der Waals surface area (Å²) in [6.07, 6.45) is -0.702. The second-order valence-electron chi connectivity index (χ2n) is 15.7. The lowest BCUT2D eigenvalue weighted by Gasteiger charge is -2.42. The van der Waals surface area contributed by atoms with Crippen LogP contribution in [0.1, 0.15) is 106 Å². The number of ether oxygens (including phenoxy) is 5. The van der Waals surface area contributed by atoms with E-state index in [0.29, 0.717) is 58.0 Å². The number of benzene rings is 4. The predicted octanol–water partition coefficient (Wildman–Crippen LogP) is 10.4. The first-order valence-electron chi connectivity index (χ1n) is 19.3. The standard InChI is InChI=1S/C46H59NO7/c1-33(2)38-18-14-36(15-19-38)31-51-42-28-47(54-45(48)53-46(5,6)7)29-43(52-32-37-16-20-39(21-17-37)34(3)4)44(42)40-22-24-41(25-23-40)50-27-11-26-49-30-35-12-9-8-10-13-35/h8-10,12-25,33-34,42-44H,11,26-32H2,1-7H3/t42-,43+,44-. The fourth-order valence-corrected chi connectivity index (χ4v) is 6.44. The number of hydroxylamine groups is 2. The first kappa shape index (κ1) is 41.0. The topological polar surface area (TPSA) is 75.7 Å². The summed E-state index contributed by atoms with van der Waals surface area (Å²) >= 11 is 0. The zero-order chi connectivity index (χ0) is 38.5.